The maximum absolute atomic E-state index is 12.5. The second-order valence-corrected chi connectivity index (χ2v) is 7.33. The second kappa shape index (κ2) is 6.32. The summed E-state index contributed by atoms with van der Waals surface area (Å²) in [5.41, 5.74) is 0.389. The fourth-order valence-corrected chi connectivity index (χ4v) is 3.56. The smallest absolute Gasteiger partial charge is 0.242 e. The highest BCUT2D eigenvalue weighted by atomic mass is 32.2. The molecule has 22 heavy (non-hydrogen) atoms. The zero-order chi connectivity index (χ0) is 16.4. The minimum absolute atomic E-state index is 0.00934. The van der Waals surface area contributed by atoms with E-state index >= 15 is 0 Å². The summed E-state index contributed by atoms with van der Waals surface area (Å²) in [7, 11) is -3.73. The van der Waals surface area contributed by atoms with Gasteiger partial charge in [-0.25, -0.2) is 13.1 Å². The van der Waals surface area contributed by atoms with Crippen molar-refractivity contribution in [2.75, 3.05) is 6.54 Å². The monoisotopic (exact) mass is 322 g/mol. The SMILES string of the molecule is CCC(O)(CC)CNS(=O)(=O)c1cccc2cc(C)cnc12. The van der Waals surface area contributed by atoms with Gasteiger partial charge in [0.1, 0.15) is 4.90 Å². The van der Waals surface area contributed by atoms with E-state index < -0.39 is 15.6 Å². The van der Waals surface area contributed by atoms with Gasteiger partial charge in [0.25, 0.3) is 0 Å². The Morgan fingerprint density at radius 1 is 1.27 bits per heavy atom. The lowest BCUT2D eigenvalue weighted by Crippen LogP contribution is -2.42. The summed E-state index contributed by atoms with van der Waals surface area (Å²) >= 11 is 0. The molecule has 2 rings (SSSR count). The van der Waals surface area contributed by atoms with Crippen molar-refractivity contribution in [2.24, 2.45) is 0 Å². The number of benzene rings is 1. The molecule has 120 valence electrons. The van der Waals surface area contributed by atoms with E-state index in [1.54, 1.807) is 12.3 Å². The van der Waals surface area contributed by atoms with Gasteiger partial charge >= 0.3 is 0 Å². The van der Waals surface area contributed by atoms with Gasteiger partial charge in [0.2, 0.25) is 10.0 Å². The molecule has 0 bridgehead atoms. The normalized spacial score (nSPS) is 12.7. The average Bonchev–Trinajstić information content (AvgIpc) is 2.52. The molecule has 2 N–H and O–H groups in total. The molecule has 0 atom stereocenters. The number of sulfonamides is 1. The number of aryl methyl sites for hydroxylation is 1. The van der Waals surface area contributed by atoms with Crippen LogP contribution in [0.5, 0.6) is 0 Å². The molecule has 2 aromatic rings. The standard InChI is InChI=1S/C16H22N2O3S/c1-4-16(19,5-2)11-18-22(20,21)14-8-6-7-13-9-12(3)10-17-15(13)14/h6-10,18-19H,4-5,11H2,1-3H3. The number of fused-ring (bicyclic) bond motifs is 1. The number of hydrogen-bond donors (Lipinski definition) is 2. The van der Waals surface area contributed by atoms with Crippen LogP contribution in [0.25, 0.3) is 10.9 Å². The van der Waals surface area contributed by atoms with Gasteiger partial charge in [0, 0.05) is 18.1 Å². The predicted molar refractivity (Wildman–Crippen MR) is 87.2 cm³/mol. The molecular formula is C16H22N2O3S. The number of aromatic nitrogens is 1. The maximum Gasteiger partial charge on any atom is 0.242 e. The maximum atomic E-state index is 12.5. The molecule has 0 saturated carbocycles. The van der Waals surface area contributed by atoms with Gasteiger partial charge in [-0.3, -0.25) is 4.98 Å². The van der Waals surface area contributed by atoms with Crippen LogP contribution in [0.15, 0.2) is 35.4 Å². The molecule has 0 fully saturated rings. The number of nitrogens with zero attached hydrogens (tertiary/aromatic N) is 1. The number of nitrogens with one attached hydrogen (secondary N) is 1. The molecule has 0 unspecified atom stereocenters. The molecular weight excluding hydrogens is 300 g/mol. The van der Waals surface area contributed by atoms with Gasteiger partial charge in [0.05, 0.1) is 11.1 Å². The average molecular weight is 322 g/mol. The minimum atomic E-state index is -3.73. The molecule has 1 aromatic heterocycles. The molecule has 0 aliphatic rings. The lowest BCUT2D eigenvalue weighted by Gasteiger charge is -2.25. The topological polar surface area (TPSA) is 79.3 Å². The Labute approximate surface area is 131 Å². The van der Waals surface area contributed by atoms with Crippen molar-refractivity contribution in [3.8, 4) is 0 Å². The Hall–Kier alpha value is -1.50. The molecule has 0 spiro atoms. The van der Waals surface area contributed by atoms with Crippen molar-refractivity contribution in [1.82, 2.24) is 9.71 Å². The molecule has 1 heterocycles. The van der Waals surface area contributed by atoms with E-state index in [-0.39, 0.29) is 11.4 Å². The number of pyridine rings is 1. The van der Waals surface area contributed by atoms with Crippen LogP contribution in [0.2, 0.25) is 0 Å². The minimum Gasteiger partial charge on any atom is -0.389 e. The lowest BCUT2D eigenvalue weighted by molar-refractivity contribution is 0.0377. The summed E-state index contributed by atoms with van der Waals surface area (Å²) in [6.45, 7) is 5.57. The summed E-state index contributed by atoms with van der Waals surface area (Å²) in [6.07, 6.45) is 2.62. The fourth-order valence-electron chi connectivity index (χ4n) is 2.27. The number of hydrogen-bond acceptors (Lipinski definition) is 4. The van der Waals surface area contributed by atoms with Crippen LogP contribution < -0.4 is 4.72 Å². The molecule has 5 nitrogen and oxygen atoms in total. The first-order chi connectivity index (χ1) is 10.3. The fraction of sp³-hybridized carbons (Fsp3) is 0.438. The number of para-hydroxylation sites is 1. The second-order valence-electron chi connectivity index (χ2n) is 5.60. The summed E-state index contributed by atoms with van der Waals surface area (Å²) in [6, 6.07) is 6.96. The van der Waals surface area contributed by atoms with Crippen molar-refractivity contribution in [3.05, 3.63) is 36.0 Å². The third-order valence-corrected chi connectivity index (χ3v) is 5.44. The van der Waals surface area contributed by atoms with E-state index in [2.05, 4.69) is 9.71 Å². The molecule has 0 radical (unpaired) electrons. The van der Waals surface area contributed by atoms with Crippen LogP contribution in [0.3, 0.4) is 0 Å². The zero-order valence-corrected chi connectivity index (χ0v) is 13.9. The largest absolute Gasteiger partial charge is 0.389 e. The van der Waals surface area contributed by atoms with Gasteiger partial charge in [-0.05, 0) is 37.5 Å². The van der Waals surface area contributed by atoms with E-state index in [9.17, 15) is 13.5 Å². The van der Waals surface area contributed by atoms with Crippen molar-refractivity contribution in [1.29, 1.82) is 0 Å². The van der Waals surface area contributed by atoms with E-state index in [1.165, 1.54) is 6.07 Å². The van der Waals surface area contributed by atoms with Crippen molar-refractivity contribution in [3.63, 3.8) is 0 Å². The van der Waals surface area contributed by atoms with E-state index in [0.717, 1.165) is 10.9 Å². The quantitative estimate of drug-likeness (QED) is 0.856. The Morgan fingerprint density at radius 2 is 1.95 bits per heavy atom. The summed E-state index contributed by atoms with van der Waals surface area (Å²) in [5.74, 6) is 0. The van der Waals surface area contributed by atoms with E-state index in [4.69, 9.17) is 0 Å². The summed E-state index contributed by atoms with van der Waals surface area (Å²) < 4.78 is 27.6. The summed E-state index contributed by atoms with van der Waals surface area (Å²) in [5, 5.41) is 11.0. The van der Waals surface area contributed by atoms with Crippen molar-refractivity contribution >= 4 is 20.9 Å². The van der Waals surface area contributed by atoms with Crippen LogP contribution in [0.4, 0.5) is 0 Å². The first-order valence-electron chi connectivity index (χ1n) is 7.39. The number of aliphatic hydroxyl groups is 1. The molecule has 0 aliphatic carbocycles. The van der Waals surface area contributed by atoms with Crippen LogP contribution >= 0.6 is 0 Å². The van der Waals surface area contributed by atoms with Gasteiger partial charge in [0.15, 0.2) is 0 Å². The Balaban J connectivity index is 2.38. The Bertz CT molecular complexity index is 768. The third kappa shape index (κ3) is 3.45. The van der Waals surface area contributed by atoms with Crippen LogP contribution in [0, 0.1) is 6.92 Å². The van der Waals surface area contributed by atoms with E-state index in [0.29, 0.717) is 18.4 Å². The lowest BCUT2D eigenvalue weighted by atomic mass is 9.98. The Morgan fingerprint density at radius 3 is 2.59 bits per heavy atom. The summed E-state index contributed by atoms with van der Waals surface area (Å²) in [4.78, 5) is 4.39. The Kier molecular flexibility index (Phi) is 4.84. The zero-order valence-electron chi connectivity index (χ0n) is 13.1. The van der Waals surface area contributed by atoms with Crippen LogP contribution in [-0.2, 0) is 10.0 Å². The number of rotatable bonds is 6. The predicted octanol–water partition coefficient (Wildman–Crippen LogP) is 2.37. The van der Waals surface area contributed by atoms with Crippen molar-refractivity contribution in [2.45, 2.75) is 44.1 Å². The molecule has 0 aliphatic heterocycles. The highest BCUT2D eigenvalue weighted by molar-refractivity contribution is 7.89. The first-order valence-corrected chi connectivity index (χ1v) is 8.87. The van der Waals surface area contributed by atoms with Crippen molar-refractivity contribution < 1.29 is 13.5 Å². The van der Waals surface area contributed by atoms with Gasteiger partial charge in [-0.15, -0.1) is 0 Å². The highest BCUT2D eigenvalue weighted by Gasteiger charge is 2.26. The first kappa shape index (κ1) is 16.9. The molecule has 0 amide bonds. The van der Waals surface area contributed by atoms with Gasteiger partial charge in [-0.2, -0.15) is 0 Å². The highest BCUT2D eigenvalue weighted by Crippen LogP contribution is 2.22. The van der Waals surface area contributed by atoms with Crippen LogP contribution in [0.1, 0.15) is 32.3 Å². The molecule has 1 aromatic carbocycles. The molecule has 6 heteroatoms. The third-order valence-electron chi connectivity index (χ3n) is 4.01. The van der Waals surface area contributed by atoms with Crippen LogP contribution in [-0.4, -0.2) is 30.7 Å². The van der Waals surface area contributed by atoms with Gasteiger partial charge < -0.3 is 5.11 Å². The van der Waals surface area contributed by atoms with Gasteiger partial charge in [-0.1, -0.05) is 26.0 Å². The molecule has 0 saturated heterocycles. The van der Waals surface area contributed by atoms with E-state index in [1.807, 2.05) is 32.9 Å².